The summed E-state index contributed by atoms with van der Waals surface area (Å²) < 4.78 is 4.04. The zero-order valence-electron chi connectivity index (χ0n) is 35.7. The first kappa shape index (κ1) is 45.1. The Morgan fingerprint density at radius 2 is 0.944 bits per heavy atom. The second-order valence-corrected chi connectivity index (χ2v) is 42.2. The Bertz CT molecular complexity index is 1990. The smallest absolute Gasteiger partial charge is 1.00 e. The molecule has 54 heavy (non-hydrogen) atoms. The minimum atomic E-state index is -3.08. The van der Waals surface area contributed by atoms with Crippen LogP contribution in [0.1, 0.15) is 78.5 Å². The summed E-state index contributed by atoms with van der Waals surface area (Å²) in [5, 5.41) is 3.68. The van der Waals surface area contributed by atoms with Gasteiger partial charge in [0.25, 0.3) is 0 Å². The summed E-state index contributed by atoms with van der Waals surface area (Å²) >= 11 is -3.08. The Morgan fingerprint density at radius 1 is 0.537 bits per heavy atom. The van der Waals surface area contributed by atoms with Crippen molar-refractivity contribution in [1.29, 1.82) is 0 Å². The number of hydrogen-bond acceptors (Lipinski definition) is 0. The maximum absolute atomic E-state index is 3.08. The monoisotopic (exact) mass is 884 g/mol. The second-order valence-electron chi connectivity index (χ2n) is 20.8. The molecule has 6 rings (SSSR count). The molecule has 0 saturated heterocycles. The molecule has 2 aliphatic rings. The van der Waals surface area contributed by atoms with E-state index in [0.29, 0.717) is 9.17 Å². The van der Waals surface area contributed by atoms with Crippen molar-refractivity contribution < 1.29 is 46.1 Å². The Morgan fingerprint density at radius 3 is 1.28 bits per heavy atom. The summed E-state index contributed by atoms with van der Waals surface area (Å²) in [4.78, 5) is 0. The molecule has 0 nitrogen and oxygen atoms in total. The van der Waals surface area contributed by atoms with Gasteiger partial charge in [-0.05, 0) is 0 Å². The summed E-state index contributed by atoms with van der Waals surface area (Å²) in [5.74, 6) is 0. The van der Waals surface area contributed by atoms with Crippen LogP contribution < -0.4 is 24.8 Å². The van der Waals surface area contributed by atoms with Crippen LogP contribution >= 0.6 is 0 Å². The van der Waals surface area contributed by atoms with Gasteiger partial charge < -0.3 is 24.8 Å². The van der Waals surface area contributed by atoms with Gasteiger partial charge in [-0.25, -0.2) is 0 Å². The molecule has 0 saturated carbocycles. The average molecular weight is 887 g/mol. The fourth-order valence-corrected chi connectivity index (χ4v) is 33.5. The van der Waals surface area contributed by atoms with Crippen LogP contribution in [0, 0.1) is 0 Å². The molecule has 4 aromatic rings. The number of fused-ring (bicyclic) bond motifs is 3. The van der Waals surface area contributed by atoms with Gasteiger partial charge in [0.15, 0.2) is 0 Å². The number of allylic oxidation sites excluding steroid dienone is 4. The molecule has 286 valence electrons. The van der Waals surface area contributed by atoms with Gasteiger partial charge in [0, 0.05) is 0 Å². The van der Waals surface area contributed by atoms with Crippen molar-refractivity contribution in [2.24, 2.45) is 0 Å². The van der Waals surface area contributed by atoms with Gasteiger partial charge >= 0.3 is 330 Å². The van der Waals surface area contributed by atoms with Gasteiger partial charge in [-0.2, -0.15) is 0 Å². The predicted octanol–water partition coefficient (Wildman–Crippen LogP) is 7.90. The van der Waals surface area contributed by atoms with E-state index in [4.69, 9.17) is 0 Å². The zero-order valence-corrected chi connectivity index (χ0v) is 42.7. The molecule has 0 spiro atoms. The summed E-state index contributed by atoms with van der Waals surface area (Å²) in [6.07, 6.45) is 2.91. The van der Waals surface area contributed by atoms with E-state index >= 15 is 0 Å². The summed E-state index contributed by atoms with van der Waals surface area (Å²) in [7, 11) is -5.18. The molecule has 0 amide bonds. The average Bonchev–Trinajstić information content (AvgIpc) is 3.61. The van der Waals surface area contributed by atoms with Crippen LogP contribution in [0.2, 0.25) is 64.5 Å². The molecule has 0 aliphatic heterocycles. The molecule has 0 bridgehead atoms. The molecule has 2 aliphatic carbocycles. The van der Waals surface area contributed by atoms with Crippen molar-refractivity contribution in [2.75, 3.05) is 0 Å². The van der Waals surface area contributed by atoms with Crippen LogP contribution in [0.4, 0.5) is 0 Å². The first-order chi connectivity index (χ1) is 24.0. The molecular formula is C48H64Cl2Si3Zr. The largest absolute Gasteiger partial charge is 1.00 e. The van der Waals surface area contributed by atoms with Crippen LogP contribution in [0.25, 0.3) is 11.1 Å². The Labute approximate surface area is 352 Å². The predicted molar refractivity (Wildman–Crippen MR) is 236 cm³/mol. The topological polar surface area (TPSA) is 0 Å². The minimum absolute atomic E-state index is 0. The van der Waals surface area contributed by atoms with Gasteiger partial charge in [0.1, 0.15) is 0 Å². The van der Waals surface area contributed by atoms with E-state index in [0.717, 1.165) is 0 Å². The van der Waals surface area contributed by atoms with Crippen LogP contribution in [0.15, 0.2) is 117 Å². The first-order valence-corrected chi connectivity index (χ1v) is 34.1. The number of rotatable bonds is 7. The zero-order chi connectivity index (χ0) is 38.2. The van der Waals surface area contributed by atoms with Crippen molar-refractivity contribution in [1.82, 2.24) is 0 Å². The summed E-state index contributed by atoms with van der Waals surface area (Å²) in [6.45, 7) is 38.2. The van der Waals surface area contributed by atoms with Crippen molar-refractivity contribution in [2.45, 2.75) is 120 Å². The molecule has 6 heteroatoms. The fourth-order valence-electron chi connectivity index (χ4n) is 8.68. The van der Waals surface area contributed by atoms with Gasteiger partial charge in [-0.1, -0.05) is 0 Å². The van der Waals surface area contributed by atoms with Crippen LogP contribution in [-0.4, -0.2) is 27.4 Å². The third kappa shape index (κ3) is 8.75. The summed E-state index contributed by atoms with van der Waals surface area (Å²) in [5.41, 5.74) is 12.7. The molecule has 1 atom stereocenters. The van der Waals surface area contributed by atoms with Crippen LogP contribution in [0.3, 0.4) is 0 Å². The first-order valence-electron chi connectivity index (χ1n) is 19.6. The van der Waals surface area contributed by atoms with Crippen molar-refractivity contribution in [3.8, 4) is 11.1 Å². The molecule has 0 fully saturated rings. The number of benzene rings is 4. The molecule has 4 aromatic carbocycles. The van der Waals surface area contributed by atoms with E-state index in [9.17, 15) is 0 Å². The molecule has 0 N–H and O–H groups in total. The van der Waals surface area contributed by atoms with Crippen molar-refractivity contribution in [3.05, 3.63) is 150 Å². The Balaban J connectivity index is 0.00000325. The fraction of sp³-hybridized carbons (Fsp3) is 0.396. The maximum atomic E-state index is 2.91. The molecule has 0 aromatic heterocycles. The standard InChI is InChI=1S/C21H25.C14H29Si3.C13H10.2ClH.Zr/c1-20(2,3)16-7-9-18-14(12-16)11-15-13-17(21(4,5)6)8-10-19(15)18;1-15(2,3)12-10-13(16(4,5)6)14(11-12)17(7,8)9;1-3-7-12(8-4-1)11-13-9-5-2-6-10-13;;;/h7-13H,1-6H3;10,12H,1-9H3;1-10H;2*1H;/q;;;;;+2/p-2. The van der Waals surface area contributed by atoms with Crippen LogP contribution in [-0.2, 0) is 32.1 Å². The SMILES string of the molecule is CC(C)(C)c1ccc2c(c1)[CH]([Zr+2]([C]1=C([Si](C)(C)C)C([Si](C)(C)C)=CC1[Si](C)(C)C)=[C](c1ccccc1)c1ccccc1)c1cc(C(C)(C)C)ccc1-2.[Cl-].[Cl-]. The Kier molecular flexibility index (Phi) is 13.3. The van der Waals surface area contributed by atoms with Crippen molar-refractivity contribution >= 4 is 27.4 Å². The van der Waals surface area contributed by atoms with E-state index in [1.54, 1.807) is 19.5 Å². The Hall–Kier alpha value is -1.66. The maximum Gasteiger partial charge on any atom is -1.00 e. The molecule has 1 unspecified atom stereocenters. The van der Waals surface area contributed by atoms with E-state index < -0.39 is 45.5 Å². The number of halogens is 2. The second kappa shape index (κ2) is 15.9. The normalized spacial score (nSPS) is 16.1. The van der Waals surface area contributed by atoms with Crippen molar-refractivity contribution in [3.63, 3.8) is 0 Å². The molecule has 0 heterocycles. The van der Waals surface area contributed by atoms with Gasteiger partial charge in [0.2, 0.25) is 0 Å². The van der Waals surface area contributed by atoms with Crippen LogP contribution in [0.5, 0.6) is 0 Å². The third-order valence-electron chi connectivity index (χ3n) is 11.4. The van der Waals surface area contributed by atoms with E-state index in [1.807, 2.05) is 8.48 Å². The van der Waals surface area contributed by atoms with Gasteiger partial charge in [0.05, 0.1) is 0 Å². The van der Waals surface area contributed by atoms with Gasteiger partial charge in [-0.15, -0.1) is 0 Å². The summed E-state index contributed by atoms with van der Waals surface area (Å²) in [6, 6.07) is 38.5. The molecular weight excluding hydrogens is 823 g/mol. The quantitative estimate of drug-likeness (QED) is 0.166. The van der Waals surface area contributed by atoms with Gasteiger partial charge in [-0.3, -0.25) is 0 Å². The minimum Gasteiger partial charge on any atom is -1.00 e. The third-order valence-corrected chi connectivity index (χ3v) is 27.9. The van der Waals surface area contributed by atoms with E-state index in [-0.39, 0.29) is 35.6 Å². The number of hydrogen-bond donors (Lipinski definition) is 0. The van der Waals surface area contributed by atoms with E-state index in [1.165, 1.54) is 33.4 Å². The van der Waals surface area contributed by atoms with E-state index in [2.05, 4.69) is 204 Å². The molecule has 0 radical (unpaired) electrons.